The van der Waals surface area contributed by atoms with Crippen LogP contribution in [0.1, 0.15) is 16.1 Å². The molecule has 0 aliphatic heterocycles. The molecule has 0 unspecified atom stereocenters. The van der Waals surface area contributed by atoms with E-state index in [4.69, 9.17) is 13.9 Å². The third kappa shape index (κ3) is 2.70. The van der Waals surface area contributed by atoms with Crippen molar-refractivity contribution in [3.8, 4) is 11.5 Å². The fraction of sp³-hybridized carbons (Fsp3) is 0.176. The number of furan rings is 1. The fourth-order valence-corrected chi connectivity index (χ4v) is 2.43. The SMILES string of the molecule is COc1ccc2oc(C)c(C(=O)Nc3ncccc3OC)c2c1. The van der Waals surface area contributed by atoms with Gasteiger partial charge in [-0.25, -0.2) is 4.98 Å². The highest BCUT2D eigenvalue weighted by atomic mass is 16.5. The lowest BCUT2D eigenvalue weighted by Gasteiger charge is -2.08. The minimum atomic E-state index is -0.313. The number of aryl methyl sites for hydroxylation is 1. The number of ether oxygens (including phenoxy) is 2. The molecule has 0 aliphatic rings. The van der Waals surface area contributed by atoms with Crippen molar-refractivity contribution in [2.75, 3.05) is 19.5 Å². The van der Waals surface area contributed by atoms with Crippen molar-refractivity contribution in [2.24, 2.45) is 0 Å². The average molecular weight is 312 g/mol. The summed E-state index contributed by atoms with van der Waals surface area (Å²) in [5.41, 5.74) is 1.08. The zero-order chi connectivity index (χ0) is 16.4. The molecule has 2 heterocycles. The van der Waals surface area contributed by atoms with E-state index in [9.17, 15) is 4.79 Å². The number of nitrogens with one attached hydrogen (secondary N) is 1. The molecule has 0 bridgehead atoms. The Morgan fingerprint density at radius 2 is 2.04 bits per heavy atom. The summed E-state index contributed by atoms with van der Waals surface area (Å²) in [6.07, 6.45) is 1.58. The Kier molecular flexibility index (Phi) is 3.89. The Morgan fingerprint density at radius 1 is 1.22 bits per heavy atom. The zero-order valence-electron chi connectivity index (χ0n) is 13.0. The van der Waals surface area contributed by atoms with Gasteiger partial charge in [-0.2, -0.15) is 0 Å². The number of carbonyl (C=O) groups is 1. The van der Waals surface area contributed by atoms with E-state index in [0.29, 0.717) is 39.6 Å². The summed E-state index contributed by atoms with van der Waals surface area (Å²) in [6, 6.07) is 8.80. The van der Waals surface area contributed by atoms with E-state index in [2.05, 4.69) is 10.3 Å². The molecule has 0 fully saturated rings. The van der Waals surface area contributed by atoms with Crippen LogP contribution in [-0.4, -0.2) is 25.1 Å². The maximum absolute atomic E-state index is 12.7. The minimum Gasteiger partial charge on any atom is -0.497 e. The fourth-order valence-electron chi connectivity index (χ4n) is 2.43. The number of anilines is 1. The number of rotatable bonds is 4. The summed E-state index contributed by atoms with van der Waals surface area (Å²) in [4.78, 5) is 16.8. The lowest BCUT2D eigenvalue weighted by Crippen LogP contribution is -2.14. The van der Waals surface area contributed by atoms with Crippen LogP contribution in [0.25, 0.3) is 11.0 Å². The number of fused-ring (bicyclic) bond motifs is 1. The van der Waals surface area contributed by atoms with Crippen LogP contribution < -0.4 is 14.8 Å². The summed E-state index contributed by atoms with van der Waals surface area (Å²) < 4.78 is 16.1. The Balaban J connectivity index is 2.02. The van der Waals surface area contributed by atoms with Crippen molar-refractivity contribution in [2.45, 2.75) is 6.92 Å². The van der Waals surface area contributed by atoms with E-state index in [0.717, 1.165) is 0 Å². The summed E-state index contributed by atoms with van der Waals surface area (Å²) in [5, 5.41) is 3.45. The molecule has 0 radical (unpaired) electrons. The van der Waals surface area contributed by atoms with Crippen LogP contribution in [0, 0.1) is 6.92 Å². The van der Waals surface area contributed by atoms with Crippen molar-refractivity contribution in [1.82, 2.24) is 4.98 Å². The first-order valence-corrected chi connectivity index (χ1v) is 7.01. The quantitative estimate of drug-likeness (QED) is 0.799. The van der Waals surface area contributed by atoms with Crippen LogP contribution in [0.5, 0.6) is 11.5 Å². The number of nitrogens with zero attached hydrogens (tertiary/aromatic N) is 1. The first kappa shape index (κ1) is 14.9. The Hall–Kier alpha value is -3.02. The molecule has 1 aromatic carbocycles. The smallest absolute Gasteiger partial charge is 0.261 e. The van der Waals surface area contributed by atoms with Gasteiger partial charge in [0.1, 0.15) is 17.1 Å². The largest absolute Gasteiger partial charge is 0.497 e. The van der Waals surface area contributed by atoms with Crippen molar-refractivity contribution >= 4 is 22.7 Å². The summed E-state index contributed by atoms with van der Waals surface area (Å²) >= 11 is 0. The van der Waals surface area contributed by atoms with Gasteiger partial charge in [-0.3, -0.25) is 4.79 Å². The molecule has 0 spiro atoms. The molecule has 0 atom stereocenters. The van der Waals surface area contributed by atoms with Crippen LogP contribution in [0.4, 0.5) is 5.82 Å². The highest BCUT2D eigenvalue weighted by molar-refractivity contribution is 6.13. The normalized spacial score (nSPS) is 10.6. The molecule has 1 N–H and O–H groups in total. The van der Waals surface area contributed by atoms with Crippen LogP contribution in [0.15, 0.2) is 40.9 Å². The third-order valence-corrected chi connectivity index (χ3v) is 3.52. The highest BCUT2D eigenvalue weighted by Gasteiger charge is 2.20. The van der Waals surface area contributed by atoms with Gasteiger partial charge in [0.15, 0.2) is 11.6 Å². The van der Waals surface area contributed by atoms with Crippen molar-refractivity contribution < 1.29 is 18.7 Å². The molecule has 6 heteroatoms. The van der Waals surface area contributed by atoms with Gasteiger partial charge >= 0.3 is 0 Å². The zero-order valence-corrected chi connectivity index (χ0v) is 13.0. The summed E-state index contributed by atoms with van der Waals surface area (Å²) in [6.45, 7) is 1.75. The average Bonchev–Trinajstić information content (AvgIpc) is 2.90. The van der Waals surface area contributed by atoms with E-state index in [1.54, 1.807) is 50.6 Å². The molecule has 0 saturated heterocycles. The number of hydrogen-bond donors (Lipinski definition) is 1. The second-order valence-corrected chi connectivity index (χ2v) is 4.90. The second-order valence-electron chi connectivity index (χ2n) is 4.90. The first-order chi connectivity index (χ1) is 11.1. The predicted octanol–water partition coefficient (Wildman–Crippen LogP) is 3.41. The van der Waals surface area contributed by atoms with Gasteiger partial charge in [-0.1, -0.05) is 0 Å². The molecule has 23 heavy (non-hydrogen) atoms. The second kappa shape index (κ2) is 6.00. The molecule has 3 aromatic rings. The lowest BCUT2D eigenvalue weighted by molar-refractivity contribution is 0.102. The van der Waals surface area contributed by atoms with E-state index in [-0.39, 0.29) is 5.91 Å². The Morgan fingerprint density at radius 3 is 2.78 bits per heavy atom. The van der Waals surface area contributed by atoms with Gasteiger partial charge in [0, 0.05) is 11.6 Å². The van der Waals surface area contributed by atoms with Gasteiger partial charge in [-0.15, -0.1) is 0 Å². The maximum Gasteiger partial charge on any atom is 0.261 e. The monoisotopic (exact) mass is 312 g/mol. The first-order valence-electron chi connectivity index (χ1n) is 7.01. The molecule has 6 nitrogen and oxygen atoms in total. The van der Waals surface area contributed by atoms with E-state index >= 15 is 0 Å². The van der Waals surface area contributed by atoms with Gasteiger partial charge in [0.2, 0.25) is 0 Å². The molecule has 0 saturated carbocycles. The minimum absolute atomic E-state index is 0.313. The Bertz CT molecular complexity index is 870. The summed E-state index contributed by atoms with van der Waals surface area (Å²) in [7, 11) is 3.10. The van der Waals surface area contributed by atoms with Crippen LogP contribution >= 0.6 is 0 Å². The molecule has 1 amide bonds. The topological polar surface area (TPSA) is 73.6 Å². The van der Waals surface area contributed by atoms with Crippen LogP contribution in [-0.2, 0) is 0 Å². The van der Waals surface area contributed by atoms with E-state index in [1.165, 1.54) is 7.11 Å². The summed E-state index contributed by atoms with van der Waals surface area (Å²) in [5.74, 6) is 1.72. The number of carbonyl (C=O) groups excluding carboxylic acids is 1. The molecule has 118 valence electrons. The van der Waals surface area contributed by atoms with Crippen molar-refractivity contribution in [3.63, 3.8) is 0 Å². The number of amides is 1. The number of pyridine rings is 1. The van der Waals surface area contributed by atoms with E-state index < -0.39 is 0 Å². The Labute approximate surface area is 133 Å². The van der Waals surface area contributed by atoms with Crippen LogP contribution in [0.2, 0.25) is 0 Å². The van der Waals surface area contributed by atoms with E-state index in [1.807, 2.05) is 0 Å². The maximum atomic E-state index is 12.7. The van der Waals surface area contributed by atoms with Gasteiger partial charge in [0.25, 0.3) is 5.91 Å². The third-order valence-electron chi connectivity index (χ3n) is 3.52. The lowest BCUT2D eigenvalue weighted by atomic mass is 10.1. The molecular formula is C17H16N2O4. The van der Waals surface area contributed by atoms with Crippen molar-refractivity contribution in [3.05, 3.63) is 47.9 Å². The highest BCUT2D eigenvalue weighted by Crippen LogP contribution is 2.30. The van der Waals surface area contributed by atoms with Gasteiger partial charge in [-0.05, 0) is 37.3 Å². The molecule has 2 aromatic heterocycles. The van der Waals surface area contributed by atoms with Gasteiger partial charge in [0.05, 0.1) is 19.8 Å². The molecular weight excluding hydrogens is 296 g/mol. The number of aromatic nitrogens is 1. The predicted molar refractivity (Wildman–Crippen MR) is 86.2 cm³/mol. The van der Waals surface area contributed by atoms with Crippen molar-refractivity contribution in [1.29, 1.82) is 0 Å². The van der Waals surface area contributed by atoms with Gasteiger partial charge < -0.3 is 19.2 Å². The number of hydrogen-bond acceptors (Lipinski definition) is 5. The number of methoxy groups -OCH3 is 2. The van der Waals surface area contributed by atoms with Crippen LogP contribution in [0.3, 0.4) is 0 Å². The molecule has 0 aliphatic carbocycles. The number of benzene rings is 1. The standard InChI is InChI=1S/C17H16N2O4/c1-10-15(12-9-11(21-2)6-7-13(12)23-10)17(20)19-16-14(22-3)5-4-8-18-16/h4-9H,1-3H3,(H,18,19,20). The molecule has 3 rings (SSSR count).